The van der Waals surface area contributed by atoms with Crippen LogP contribution in [0.25, 0.3) is 0 Å². The number of ether oxygens (including phenoxy) is 1. The van der Waals surface area contributed by atoms with Gasteiger partial charge in [-0.15, -0.1) is 10.2 Å². The minimum absolute atomic E-state index is 0.151. The second kappa shape index (κ2) is 9.22. The Kier molecular flexibility index (Phi) is 6.22. The van der Waals surface area contributed by atoms with Gasteiger partial charge in [0.1, 0.15) is 16.6 Å². The Hall–Kier alpha value is -3.33. The molecular formula is C22H21FN4O3S. The van der Waals surface area contributed by atoms with E-state index in [9.17, 15) is 14.0 Å². The number of halogens is 1. The van der Waals surface area contributed by atoms with Gasteiger partial charge < -0.3 is 15.0 Å². The molecule has 2 heterocycles. The van der Waals surface area contributed by atoms with E-state index in [1.54, 1.807) is 4.90 Å². The van der Waals surface area contributed by atoms with Gasteiger partial charge in [-0.3, -0.25) is 9.59 Å². The summed E-state index contributed by atoms with van der Waals surface area (Å²) in [6.07, 6.45) is 1.58. The van der Waals surface area contributed by atoms with Gasteiger partial charge in [0.25, 0.3) is 11.8 Å². The van der Waals surface area contributed by atoms with Gasteiger partial charge in [-0.25, -0.2) is 4.39 Å². The summed E-state index contributed by atoms with van der Waals surface area (Å²) >= 11 is 1.19. The number of nitrogens with zero attached hydrogens (tertiary/aromatic N) is 3. The SMILES string of the molecule is Cc1ccc(NC(=O)c2nnc(C3CCCN3C(=O)COc3ccc(F)cc3)s2)cc1. The molecule has 0 radical (unpaired) electrons. The summed E-state index contributed by atoms with van der Waals surface area (Å²) in [5.74, 6) is -0.455. The molecule has 31 heavy (non-hydrogen) atoms. The summed E-state index contributed by atoms with van der Waals surface area (Å²) in [4.78, 5) is 26.9. The summed E-state index contributed by atoms with van der Waals surface area (Å²) in [5, 5.41) is 11.9. The van der Waals surface area contributed by atoms with Gasteiger partial charge in [-0.05, 0) is 56.2 Å². The Morgan fingerprint density at radius 2 is 1.90 bits per heavy atom. The summed E-state index contributed by atoms with van der Waals surface area (Å²) < 4.78 is 18.5. The molecule has 2 amide bonds. The number of nitrogens with one attached hydrogen (secondary N) is 1. The standard InChI is InChI=1S/C22H21FN4O3S/c1-14-4-8-16(9-5-14)24-20(29)22-26-25-21(31-22)18-3-2-12-27(18)19(28)13-30-17-10-6-15(23)7-11-17/h4-11,18H,2-3,12-13H2,1H3,(H,24,29). The molecule has 4 rings (SSSR count). The summed E-state index contributed by atoms with van der Waals surface area (Å²) in [7, 11) is 0. The number of hydrogen-bond donors (Lipinski definition) is 1. The molecule has 1 aromatic heterocycles. The highest BCUT2D eigenvalue weighted by atomic mass is 32.1. The number of carbonyl (C=O) groups excluding carboxylic acids is 2. The van der Waals surface area contributed by atoms with Crippen LogP contribution in [0, 0.1) is 12.7 Å². The molecule has 0 saturated carbocycles. The number of benzene rings is 2. The van der Waals surface area contributed by atoms with E-state index >= 15 is 0 Å². The van der Waals surface area contributed by atoms with Crippen molar-refractivity contribution in [1.29, 1.82) is 0 Å². The van der Waals surface area contributed by atoms with Gasteiger partial charge in [-0.1, -0.05) is 29.0 Å². The van der Waals surface area contributed by atoms with Crippen LogP contribution in [-0.4, -0.2) is 40.1 Å². The van der Waals surface area contributed by atoms with Crippen LogP contribution >= 0.6 is 11.3 Å². The van der Waals surface area contributed by atoms with E-state index in [1.807, 2.05) is 31.2 Å². The van der Waals surface area contributed by atoms with Crippen LogP contribution in [0.15, 0.2) is 48.5 Å². The Bertz CT molecular complexity index is 1070. The number of amides is 2. The normalized spacial score (nSPS) is 15.7. The fraction of sp³-hybridized carbons (Fsp3) is 0.273. The Morgan fingerprint density at radius 1 is 1.16 bits per heavy atom. The number of aromatic nitrogens is 2. The third-order valence-electron chi connectivity index (χ3n) is 4.98. The second-order valence-electron chi connectivity index (χ2n) is 7.25. The van der Waals surface area contributed by atoms with E-state index in [0.29, 0.717) is 23.0 Å². The minimum Gasteiger partial charge on any atom is -0.484 e. The van der Waals surface area contributed by atoms with Crippen molar-refractivity contribution in [2.45, 2.75) is 25.8 Å². The maximum atomic E-state index is 13.0. The van der Waals surface area contributed by atoms with Gasteiger partial charge in [0.15, 0.2) is 6.61 Å². The van der Waals surface area contributed by atoms with E-state index in [-0.39, 0.29) is 35.3 Å². The fourth-order valence-corrected chi connectivity index (χ4v) is 4.25. The van der Waals surface area contributed by atoms with Crippen LogP contribution in [0.4, 0.5) is 10.1 Å². The molecule has 0 bridgehead atoms. The zero-order valence-corrected chi connectivity index (χ0v) is 17.7. The number of rotatable bonds is 6. The summed E-state index contributed by atoms with van der Waals surface area (Å²) in [5.41, 5.74) is 1.79. The molecule has 9 heteroatoms. The predicted octanol–water partition coefficient (Wildman–Crippen LogP) is 3.98. The monoisotopic (exact) mass is 440 g/mol. The van der Waals surface area contributed by atoms with Crippen LogP contribution in [0.5, 0.6) is 5.75 Å². The van der Waals surface area contributed by atoms with Gasteiger partial charge in [0, 0.05) is 12.2 Å². The quantitative estimate of drug-likeness (QED) is 0.627. The van der Waals surface area contributed by atoms with Crippen LogP contribution in [-0.2, 0) is 4.79 Å². The minimum atomic E-state index is -0.364. The molecule has 3 aromatic rings. The first-order chi connectivity index (χ1) is 15.0. The lowest BCUT2D eigenvalue weighted by Crippen LogP contribution is -2.34. The number of aryl methyl sites for hydroxylation is 1. The molecule has 2 aromatic carbocycles. The van der Waals surface area contributed by atoms with E-state index in [0.717, 1.165) is 18.4 Å². The molecule has 1 N–H and O–H groups in total. The van der Waals surface area contributed by atoms with E-state index < -0.39 is 0 Å². The van der Waals surface area contributed by atoms with E-state index in [1.165, 1.54) is 35.6 Å². The van der Waals surface area contributed by atoms with Crippen molar-refractivity contribution in [2.75, 3.05) is 18.5 Å². The molecule has 1 aliphatic rings. The molecule has 1 aliphatic heterocycles. The summed E-state index contributed by atoms with van der Waals surface area (Å²) in [6, 6.07) is 12.8. The molecule has 1 atom stereocenters. The van der Waals surface area contributed by atoms with Crippen molar-refractivity contribution >= 4 is 28.8 Å². The highest BCUT2D eigenvalue weighted by Gasteiger charge is 2.33. The van der Waals surface area contributed by atoms with Crippen molar-refractivity contribution in [3.05, 3.63) is 69.9 Å². The summed E-state index contributed by atoms with van der Waals surface area (Å²) in [6.45, 7) is 2.41. The van der Waals surface area contributed by atoms with Gasteiger partial charge in [-0.2, -0.15) is 0 Å². The second-order valence-corrected chi connectivity index (χ2v) is 8.26. The lowest BCUT2D eigenvalue weighted by Gasteiger charge is -2.22. The number of anilines is 1. The van der Waals surface area contributed by atoms with Crippen molar-refractivity contribution in [1.82, 2.24) is 15.1 Å². The Morgan fingerprint density at radius 3 is 2.65 bits per heavy atom. The lowest BCUT2D eigenvalue weighted by atomic mass is 10.2. The zero-order valence-electron chi connectivity index (χ0n) is 16.9. The number of hydrogen-bond acceptors (Lipinski definition) is 6. The van der Waals surface area contributed by atoms with Crippen molar-refractivity contribution in [3.63, 3.8) is 0 Å². The van der Waals surface area contributed by atoms with Gasteiger partial charge in [0.05, 0.1) is 6.04 Å². The first-order valence-electron chi connectivity index (χ1n) is 9.89. The molecule has 1 fully saturated rings. The van der Waals surface area contributed by atoms with Crippen molar-refractivity contribution < 1.29 is 18.7 Å². The van der Waals surface area contributed by atoms with Crippen LogP contribution in [0.1, 0.15) is 39.3 Å². The van der Waals surface area contributed by atoms with Crippen LogP contribution < -0.4 is 10.1 Å². The lowest BCUT2D eigenvalue weighted by molar-refractivity contribution is -0.134. The Labute approximate surface area is 182 Å². The van der Waals surface area contributed by atoms with Gasteiger partial charge >= 0.3 is 0 Å². The average Bonchev–Trinajstić information content (AvgIpc) is 3.44. The maximum Gasteiger partial charge on any atom is 0.286 e. The Balaban J connectivity index is 1.38. The van der Waals surface area contributed by atoms with Crippen LogP contribution in [0.3, 0.4) is 0 Å². The first kappa shape index (κ1) is 20.9. The molecule has 0 spiro atoms. The third kappa shape index (κ3) is 5.05. The maximum absolute atomic E-state index is 13.0. The fourth-order valence-electron chi connectivity index (χ4n) is 3.36. The van der Waals surface area contributed by atoms with Crippen LogP contribution in [0.2, 0.25) is 0 Å². The van der Waals surface area contributed by atoms with Crippen molar-refractivity contribution in [3.8, 4) is 5.75 Å². The molecule has 1 unspecified atom stereocenters. The first-order valence-corrected chi connectivity index (χ1v) is 10.7. The third-order valence-corrected chi connectivity index (χ3v) is 6.00. The smallest absolute Gasteiger partial charge is 0.286 e. The topological polar surface area (TPSA) is 84.4 Å². The zero-order chi connectivity index (χ0) is 21.8. The van der Waals surface area contributed by atoms with Gasteiger partial charge in [0.2, 0.25) is 5.01 Å². The molecular weight excluding hydrogens is 419 g/mol. The highest BCUT2D eigenvalue weighted by molar-refractivity contribution is 7.13. The number of likely N-dealkylation sites (tertiary alicyclic amines) is 1. The molecule has 1 saturated heterocycles. The van der Waals surface area contributed by atoms with E-state index in [4.69, 9.17) is 4.74 Å². The molecule has 160 valence electrons. The molecule has 7 nitrogen and oxygen atoms in total. The van der Waals surface area contributed by atoms with E-state index in [2.05, 4.69) is 15.5 Å². The number of carbonyl (C=O) groups is 2. The average molecular weight is 441 g/mol. The predicted molar refractivity (Wildman–Crippen MR) is 115 cm³/mol. The largest absolute Gasteiger partial charge is 0.484 e. The highest BCUT2D eigenvalue weighted by Crippen LogP contribution is 2.34. The van der Waals surface area contributed by atoms with Crippen molar-refractivity contribution in [2.24, 2.45) is 0 Å². The molecule has 0 aliphatic carbocycles.